The topological polar surface area (TPSA) is 43.8 Å². The minimum Gasteiger partial charge on any atom is -0.395 e. The molecular weight excluding hydrogens is 266 g/mol. The summed E-state index contributed by atoms with van der Waals surface area (Å²) < 4.78 is 24.9. The molecule has 0 aromatic carbocycles. The smallest absolute Gasteiger partial charge is 0.251 e. The summed E-state index contributed by atoms with van der Waals surface area (Å²) in [7, 11) is 0. The molecule has 1 aliphatic rings. The third-order valence-electron chi connectivity index (χ3n) is 3.85. The van der Waals surface area contributed by atoms with Crippen molar-refractivity contribution in [2.45, 2.75) is 51.5 Å². The van der Waals surface area contributed by atoms with Crippen molar-refractivity contribution < 1.29 is 18.7 Å². The molecule has 0 aromatic heterocycles. The van der Waals surface area contributed by atoms with Crippen molar-refractivity contribution in [3.8, 4) is 0 Å². The van der Waals surface area contributed by atoms with Crippen LogP contribution in [0.15, 0.2) is 0 Å². The predicted molar refractivity (Wildman–Crippen MR) is 73.8 cm³/mol. The molecule has 118 valence electrons. The Morgan fingerprint density at radius 3 is 2.45 bits per heavy atom. The highest BCUT2D eigenvalue weighted by Crippen LogP contribution is 2.22. The average Bonchev–Trinajstić information content (AvgIpc) is 2.40. The molecule has 1 N–H and O–H groups in total. The number of hydrogen-bond donors (Lipinski definition) is 1. The van der Waals surface area contributed by atoms with Crippen LogP contribution in [0.3, 0.4) is 0 Å². The van der Waals surface area contributed by atoms with Crippen LogP contribution in [0.1, 0.15) is 39.0 Å². The molecule has 0 atom stereocenters. The maximum Gasteiger partial charge on any atom is 0.251 e. The Bertz CT molecular complexity index is 284. The first-order chi connectivity index (χ1) is 9.58. The second-order valence-electron chi connectivity index (χ2n) is 5.32. The summed E-state index contributed by atoms with van der Waals surface area (Å²) >= 11 is 0. The standard InChI is InChI=1S/C14H26F2N2O2/c1-2-18(12-6-4-3-5-7-12)14(20)11-17(8-9-19)10-13(15)16/h12-13,19H,2-11H2,1H3. The van der Waals surface area contributed by atoms with Crippen LogP contribution in [0.2, 0.25) is 0 Å². The molecule has 1 saturated carbocycles. The Balaban J connectivity index is 2.54. The lowest BCUT2D eigenvalue weighted by molar-refractivity contribution is -0.135. The zero-order chi connectivity index (χ0) is 15.0. The fourth-order valence-corrected chi connectivity index (χ4v) is 2.88. The Labute approximate surface area is 119 Å². The molecule has 0 spiro atoms. The van der Waals surface area contributed by atoms with E-state index < -0.39 is 13.0 Å². The van der Waals surface area contributed by atoms with E-state index in [-0.39, 0.29) is 31.6 Å². The Kier molecular flexibility index (Phi) is 7.99. The second kappa shape index (κ2) is 9.23. The molecule has 1 aliphatic carbocycles. The lowest BCUT2D eigenvalue weighted by atomic mass is 9.94. The van der Waals surface area contributed by atoms with Crippen LogP contribution in [0.5, 0.6) is 0 Å². The van der Waals surface area contributed by atoms with Gasteiger partial charge in [0, 0.05) is 19.1 Å². The molecule has 0 radical (unpaired) electrons. The van der Waals surface area contributed by atoms with Gasteiger partial charge in [-0.2, -0.15) is 0 Å². The highest BCUT2D eigenvalue weighted by molar-refractivity contribution is 5.78. The molecule has 1 rings (SSSR count). The van der Waals surface area contributed by atoms with Gasteiger partial charge >= 0.3 is 0 Å². The van der Waals surface area contributed by atoms with Crippen molar-refractivity contribution >= 4 is 5.91 Å². The van der Waals surface area contributed by atoms with Crippen molar-refractivity contribution in [3.63, 3.8) is 0 Å². The maximum atomic E-state index is 12.4. The van der Waals surface area contributed by atoms with Crippen LogP contribution in [-0.4, -0.2) is 66.1 Å². The Morgan fingerprint density at radius 2 is 1.95 bits per heavy atom. The number of alkyl halides is 2. The zero-order valence-electron chi connectivity index (χ0n) is 12.2. The van der Waals surface area contributed by atoms with Crippen molar-refractivity contribution in [1.29, 1.82) is 0 Å². The minimum absolute atomic E-state index is 0.0325. The number of amides is 1. The number of carbonyl (C=O) groups excluding carboxylic acids is 1. The molecule has 20 heavy (non-hydrogen) atoms. The van der Waals surface area contributed by atoms with Crippen LogP contribution in [0, 0.1) is 0 Å². The number of likely N-dealkylation sites (N-methyl/N-ethyl adjacent to an activating group) is 1. The van der Waals surface area contributed by atoms with Crippen LogP contribution in [-0.2, 0) is 4.79 Å². The second-order valence-corrected chi connectivity index (χ2v) is 5.32. The van der Waals surface area contributed by atoms with Gasteiger partial charge in [-0.05, 0) is 19.8 Å². The number of aliphatic hydroxyl groups excluding tert-OH is 1. The molecule has 0 saturated heterocycles. The molecule has 0 heterocycles. The largest absolute Gasteiger partial charge is 0.395 e. The average molecular weight is 292 g/mol. The number of carbonyl (C=O) groups is 1. The molecule has 6 heteroatoms. The summed E-state index contributed by atoms with van der Waals surface area (Å²) in [5.74, 6) is -0.103. The van der Waals surface area contributed by atoms with Gasteiger partial charge in [-0.1, -0.05) is 19.3 Å². The third-order valence-corrected chi connectivity index (χ3v) is 3.85. The molecule has 1 amide bonds. The fourth-order valence-electron chi connectivity index (χ4n) is 2.88. The van der Waals surface area contributed by atoms with E-state index in [1.165, 1.54) is 11.3 Å². The van der Waals surface area contributed by atoms with Gasteiger partial charge in [-0.3, -0.25) is 9.69 Å². The van der Waals surface area contributed by atoms with Gasteiger partial charge in [-0.25, -0.2) is 8.78 Å². The van der Waals surface area contributed by atoms with E-state index in [2.05, 4.69) is 0 Å². The SMILES string of the molecule is CCN(C(=O)CN(CCO)CC(F)F)C1CCCCC1. The van der Waals surface area contributed by atoms with E-state index >= 15 is 0 Å². The molecule has 0 aliphatic heterocycles. The molecule has 0 aromatic rings. The van der Waals surface area contributed by atoms with E-state index in [1.807, 2.05) is 11.8 Å². The van der Waals surface area contributed by atoms with Gasteiger partial charge in [0.25, 0.3) is 6.43 Å². The first-order valence-corrected chi connectivity index (χ1v) is 7.49. The number of halogens is 2. The normalized spacial score (nSPS) is 16.9. The first-order valence-electron chi connectivity index (χ1n) is 7.49. The van der Waals surface area contributed by atoms with E-state index in [9.17, 15) is 13.6 Å². The predicted octanol–water partition coefficient (Wildman–Crippen LogP) is 1.73. The molecule has 1 fully saturated rings. The van der Waals surface area contributed by atoms with Crippen LogP contribution < -0.4 is 0 Å². The van der Waals surface area contributed by atoms with Crippen molar-refractivity contribution in [1.82, 2.24) is 9.80 Å². The number of hydrogen-bond acceptors (Lipinski definition) is 3. The first kappa shape index (κ1) is 17.3. The van der Waals surface area contributed by atoms with Gasteiger partial charge in [-0.15, -0.1) is 0 Å². The quantitative estimate of drug-likeness (QED) is 0.741. The lowest BCUT2D eigenvalue weighted by Crippen LogP contribution is -2.47. The summed E-state index contributed by atoms with van der Waals surface area (Å²) in [6.45, 7) is 1.94. The maximum absolute atomic E-state index is 12.4. The van der Waals surface area contributed by atoms with Crippen LogP contribution in [0.25, 0.3) is 0 Å². The van der Waals surface area contributed by atoms with Crippen molar-refractivity contribution in [2.75, 3.05) is 32.8 Å². The van der Waals surface area contributed by atoms with E-state index in [0.29, 0.717) is 6.54 Å². The molecular formula is C14H26F2N2O2. The van der Waals surface area contributed by atoms with Gasteiger partial charge in [0.1, 0.15) is 0 Å². The summed E-state index contributed by atoms with van der Waals surface area (Å²) in [5.41, 5.74) is 0. The van der Waals surface area contributed by atoms with Crippen molar-refractivity contribution in [2.24, 2.45) is 0 Å². The van der Waals surface area contributed by atoms with E-state index in [0.717, 1.165) is 25.7 Å². The number of rotatable bonds is 8. The van der Waals surface area contributed by atoms with E-state index in [1.54, 1.807) is 0 Å². The Morgan fingerprint density at radius 1 is 1.30 bits per heavy atom. The van der Waals surface area contributed by atoms with E-state index in [4.69, 9.17) is 5.11 Å². The third kappa shape index (κ3) is 5.71. The summed E-state index contributed by atoms with van der Waals surface area (Å²) in [4.78, 5) is 15.4. The lowest BCUT2D eigenvalue weighted by Gasteiger charge is -2.35. The summed E-state index contributed by atoms with van der Waals surface area (Å²) in [6, 6.07) is 0.253. The molecule has 0 unspecified atom stereocenters. The van der Waals surface area contributed by atoms with Gasteiger partial charge in [0.15, 0.2) is 0 Å². The number of aliphatic hydroxyl groups is 1. The van der Waals surface area contributed by atoms with Gasteiger partial charge in [0.2, 0.25) is 5.91 Å². The summed E-state index contributed by atoms with van der Waals surface area (Å²) in [5, 5.41) is 8.90. The highest BCUT2D eigenvalue weighted by Gasteiger charge is 2.25. The highest BCUT2D eigenvalue weighted by atomic mass is 19.3. The molecule has 4 nitrogen and oxygen atoms in total. The number of nitrogens with zero attached hydrogens (tertiary/aromatic N) is 2. The monoisotopic (exact) mass is 292 g/mol. The Hall–Kier alpha value is -0.750. The summed E-state index contributed by atoms with van der Waals surface area (Å²) in [6.07, 6.45) is 3.00. The minimum atomic E-state index is -2.49. The fraction of sp³-hybridized carbons (Fsp3) is 0.929. The molecule has 0 bridgehead atoms. The zero-order valence-corrected chi connectivity index (χ0v) is 12.2. The van der Waals surface area contributed by atoms with Gasteiger partial charge < -0.3 is 10.0 Å². The van der Waals surface area contributed by atoms with Crippen LogP contribution >= 0.6 is 0 Å². The van der Waals surface area contributed by atoms with Crippen LogP contribution in [0.4, 0.5) is 8.78 Å². The van der Waals surface area contributed by atoms with Crippen molar-refractivity contribution in [3.05, 3.63) is 0 Å². The van der Waals surface area contributed by atoms with Gasteiger partial charge in [0.05, 0.1) is 19.7 Å².